The number of nitrogens with one attached hydrogen (secondary N) is 1. The lowest BCUT2D eigenvalue weighted by Crippen LogP contribution is -2.30. The van der Waals surface area contributed by atoms with Crippen molar-refractivity contribution in [3.8, 4) is 0 Å². The van der Waals surface area contributed by atoms with Gasteiger partial charge in [-0.3, -0.25) is 14.9 Å². The summed E-state index contributed by atoms with van der Waals surface area (Å²) >= 11 is 5.63. The number of nitrogens with zero attached hydrogens (tertiary/aromatic N) is 1. The molecule has 0 unspecified atom stereocenters. The lowest BCUT2D eigenvalue weighted by atomic mass is 10.1. The Morgan fingerprint density at radius 2 is 1.96 bits per heavy atom. The molecule has 0 aliphatic rings. The molecule has 0 saturated heterocycles. The molecule has 0 fully saturated rings. The second-order valence-corrected chi connectivity index (χ2v) is 5.83. The maximum absolute atomic E-state index is 13.1. The second-order valence-electron chi connectivity index (χ2n) is 5.42. The zero-order valence-electron chi connectivity index (χ0n) is 13.8. The summed E-state index contributed by atoms with van der Waals surface area (Å²) in [7, 11) is 0. The number of anilines is 1. The largest absolute Gasteiger partial charge is 0.449 e. The van der Waals surface area contributed by atoms with Crippen LogP contribution in [0.1, 0.15) is 22.8 Å². The first-order valence-electron chi connectivity index (χ1n) is 7.41. The number of hydrogen-bond donors (Lipinski definition) is 1. The number of nitro benzene ring substituents is 1. The third-order valence-corrected chi connectivity index (χ3v) is 3.77. The highest BCUT2D eigenvalue weighted by atomic mass is 35.5. The number of amides is 1. The average molecular weight is 381 g/mol. The van der Waals surface area contributed by atoms with Crippen molar-refractivity contribution in [3.05, 3.63) is 68.5 Å². The number of esters is 1. The molecule has 1 atom stereocenters. The minimum atomic E-state index is -1.19. The van der Waals surface area contributed by atoms with Crippen LogP contribution in [0.25, 0.3) is 0 Å². The highest BCUT2D eigenvalue weighted by Crippen LogP contribution is 2.21. The number of ether oxygens (including phenoxy) is 1. The van der Waals surface area contributed by atoms with Crippen LogP contribution < -0.4 is 5.32 Å². The molecule has 0 radical (unpaired) electrons. The van der Waals surface area contributed by atoms with Gasteiger partial charge in [0.15, 0.2) is 6.10 Å². The van der Waals surface area contributed by atoms with E-state index in [0.717, 1.165) is 12.1 Å². The number of benzene rings is 2. The Morgan fingerprint density at radius 1 is 1.27 bits per heavy atom. The van der Waals surface area contributed by atoms with Gasteiger partial charge in [0, 0.05) is 17.3 Å². The highest BCUT2D eigenvalue weighted by molar-refractivity contribution is 6.31. The maximum Gasteiger partial charge on any atom is 0.339 e. The molecule has 9 heteroatoms. The molecule has 0 aliphatic heterocycles. The van der Waals surface area contributed by atoms with Gasteiger partial charge in [-0.2, -0.15) is 0 Å². The van der Waals surface area contributed by atoms with Crippen molar-refractivity contribution in [2.75, 3.05) is 5.32 Å². The van der Waals surface area contributed by atoms with Crippen LogP contribution >= 0.6 is 11.6 Å². The van der Waals surface area contributed by atoms with Crippen LogP contribution in [0.5, 0.6) is 0 Å². The zero-order valence-corrected chi connectivity index (χ0v) is 14.5. The number of carbonyl (C=O) groups excluding carboxylic acids is 2. The number of aryl methyl sites for hydroxylation is 1. The van der Waals surface area contributed by atoms with Gasteiger partial charge < -0.3 is 10.1 Å². The summed E-state index contributed by atoms with van der Waals surface area (Å²) in [5, 5.41) is 13.2. The van der Waals surface area contributed by atoms with Gasteiger partial charge in [-0.1, -0.05) is 17.7 Å². The molecule has 2 aromatic rings. The Bertz CT molecular complexity index is 887. The van der Waals surface area contributed by atoms with E-state index >= 15 is 0 Å². The van der Waals surface area contributed by atoms with Crippen LogP contribution in [0, 0.1) is 22.9 Å². The predicted molar refractivity (Wildman–Crippen MR) is 92.8 cm³/mol. The van der Waals surface area contributed by atoms with E-state index in [1.807, 2.05) is 0 Å². The van der Waals surface area contributed by atoms with Gasteiger partial charge in [0.2, 0.25) is 0 Å². The third-order valence-electron chi connectivity index (χ3n) is 3.48. The van der Waals surface area contributed by atoms with Crippen molar-refractivity contribution in [3.63, 3.8) is 0 Å². The van der Waals surface area contributed by atoms with Crippen LogP contribution in [0.3, 0.4) is 0 Å². The first-order chi connectivity index (χ1) is 12.2. The molecule has 7 nitrogen and oxygen atoms in total. The Labute approximate surface area is 152 Å². The minimum Gasteiger partial charge on any atom is -0.449 e. The minimum absolute atomic E-state index is 0.0493. The molecule has 0 bridgehead atoms. The van der Waals surface area contributed by atoms with E-state index in [0.29, 0.717) is 5.56 Å². The molecular weight excluding hydrogens is 367 g/mol. The molecule has 0 saturated carbocycles. The Balaban J connectivity index is 2.06. The van der Waals surface area contributed by atoms with Gasteiger partial charge in [-0.25, -0.2) is 9.18 Å². The molecule has 136 valence electrons. The van der Waals surface area contributed by atoms with E-state index in [1.165, 1.54) is 38.1 Å². The summed E-state index contributed by atoms with van der Waals surface area (Å²) in [4.78, 5) is 34.5. The van der Waals surface area contributed by atoms with Gasteiger partial charge in [0.1, 0.15) is 5.82 Å². The second kappa shape index (κ2) is 7.92. The molecule has 26 heavy (non-hydrogen) atoms. The lowest BCUT2D eigenvalue weighted by molar-refractivity contribution is -0.385. The van der Waals surface area contributed by atoms with Gasteiger partial charge in [0.05, 0.1) is 15.5 Å². The summed E-state index contributed by atoms with van der Waals surface area (Å²) in [6, 6.07) is 7.47. The number of halogens is 2. The number of rotatable bonds is 5. The molecule has 0 aliphatic carbocycles. The van der Waals surface area contributed by atoms with Gasteiger partial charge in [-0.15, -0.1) is 0 Å². The van der Waals surface area contributed by atoms with Gasteiger partial charge >= 0.3 is 5.97 Å². The zero-order chi connectivity index (χ0) is 19.4. The van der Waals surface area contributed by atoms with Crippen LogP contribution in [0.2, 0.25) is 5.02 Å². The fourth-order valence-corrected chi connectivity index (χ4v) is 2.21. The molecule has 0 aromatic heterocycles. The monoisotopic (exact) mass is 380 g/mol. The third kappa shape index (κ3) is 4.54. The summed E-state index contributed by atoms with van der Waals surface area (Å²) in [5.41, 5.74) is 0.352. The summed E-state index contributed by atoms with van der Waals surface area (Å²) in [5.74, 6) is -2.18. The molecular formula is C17H14ClFN2O5. The fraction of sp³-hybridized carbons (Fsp3) is 0.176. The van der Waals surface area contributed by atoms with Crippen molar-refractivity contribution in [2.45, 2.75) is 20.0 Å². The molecule has 2 rings (SSSR count). The fourth-order valence-electron chi connectivity index (χ4n) is 2.03. The van der Waals surface area contributed by atoms with Crippen molar-refractivity contribution < 1.29 is 23.6 Å². The van der Waals surface area contributed by atoms with Crippen LogP contribution in [0.4, 0.5) is 15.8 Å². The molecule has 0 heterocycles. The van der Waals surface area contributed by atoms with Crippen LogP contribution in [-0.2, 0) is 9.53 Å². The van der Waals surface area contributed by atoms with Crippen molar-refractivity contribution in [1.82, 2.24) is 0 Å². The maximum atomic E-state index is 13.1. The first kappa shape index (κ1) is 19.3. The molecule has 2 aromatic carbocycles. The van der Waals surface area contributed by atoms with Crippen LogP contribution in [-0.4, -0.2) is 22.9 Å². The molecule has 1 amide bonds. The Kier molecular flexibility index (Phi) is 5.89. The molecule has 0 spiro atoms. The van der Waals surface area contributed by atoms with E-state index in [2.05, 4.69) is 5.32 Å². The number of nitro groups is 1. The van der Waals surface area contributed by atoms with E-state index < -0.39 is 28.7 Å². The number of carbonyl (C=O) groups is 2. The van der Waals surface area contributed by atoms with Crippen molar-refractivity contribution in [1.29, 1.82) is 0 Å². The topological polar surface area (TPSA) is 98.5 Å². The van der Waals surface area contributed by atoms with E-state index in [9.17, 15) is 24.1 Å². The summed E-state index contributed by atoms with van der Waals surface area (Å²) in [6.45, 7) is 2.87. The van der Waals surface area contributed by atoms with Crippen molar-refractivity contribution in [2.24, 2.45) is 0 Å². The van der Waals surface area contributed by atoms with Gasteiger partial charge in [0.25, 0.3) is 11.6 Å². The Morgan fingerprint density at radius 3 is 2.58 bits per heavy atom. The predicted octanol–water partition coefficient (Wildman–Crippen LogP) is 3.88. The average Bonchev–Trinajstić information content (AvgIpc) is 2.58. The van der Waals surface area contributed by atoms with Gasteiger partial charge in [-0.05, 0) is 38.1 Å². The first-order valence-corrected chi connectivity index (χ1v) is 7.78. The Hall–Kier alpha value is -3.00. The van der Waals surface area contributed by atoms with E-state index in [1.54, 1.807) is 0 Å². The smallest absolute Gasteiger partial charge is 0.339 e. The highest BCUT2D eigenvalue weighted by Gasteiger charge is 2.21. The SMILES string of the molecule is Cc1ccc(C(=O)O[C@H](C)C(=O)Nc2ccc(F)c(Cl)c2)cc1[N+](=O)[O-]. The summed E-state index contributed by atoms with van der Waals surface area (Å²) in [6.07, 6.45) is -1.19. The van der Waals surface area contributed by atoms with E-state index in [4.69, 9.17) is 16.3 Å². The van der Waals surface area contributed by atoms with Crippen molar-refractivity contribution >= 4 is 34.9 Å². The standard InChI is InChI=1S/C17H14ClFN2O5/c1-9-3-4-11(7-15(9)21(24)25)17(23)26-10(2)16(22)20-12-5-6-14(19)13(18)8-12/h3-8,10H,1-2H3,(H,20,22)/t10-/m1/s1. The summed E-state index contributed by atoms with van der Waals surface area (Å²) < 4.78 is 18.1. The van der Waals surface area contributed by atoms with E-state index in [-0.39, 0.29) is 22.0 Å². The number of hydrogen-bond acceptors (Lipinski definition) is 5. The lowest BCUT2D eigenvalue weighted by Gasteiger charge is -2.14. The van der Waals surface area contributed by atoms with Crippen LogP contribution in [0.15, 0.2) is 36.4 Å². The molecule has 1 N–H and O–H groups in total. The normalized spacial score (nSPS) is 11.5. The quantitative estimate of drug-likeness (QED) is 0.482.